The molecule has 0 saturated carbocycles. The Labute approximate surface area is 183 Å². The molecule has 1 saturated heterocycles. The molecular weight excluding hydrogens is 416 g/mol. The van der Waals surface area contributed by atoms with Crippen LogP contribution in [0.25, 0.3) is 0 Å². The first kappa shape index (κ1) is 22.9. The minimum Gasteiger partial charge on any atom is -0.347 e. The maximum atomic E-state index is 12.7. The molecule has 8 nitrogen and oxygen atoms in total. The van der Waals surface area contributed by atoms with Crippen LogP contribution < -0.4 is 5.32 Å². The second-order valence-electron chi connectivity index (χ2n) is 7.48. The molecule has 1 aromatic carbocycles. The van der Waals surface area contributed by atoms with Gasteiger partial charge >= 0.3 is 0 Å². The number of sulfonamides is 1. The minimum atomic E-state index is -3.60. The molecule has 2 amide bonds. The van der Waals surface area contributed by atoms with Gasteiger partial charge < -0.3 is 10.2 Å². The van der Waals surface area contributed by atoms with Crippen LogP contribution in [0.4, 0.5) is 0 Å². The molecule has 0 bridgehead atoms. The summed E-state index contributed by atoms with van der Waals surface area (Å²) in [5.41, 5.74) is 1.03. The molecule has 1 N–H and O–H groups in total. The lowest BCUT2D eigenvalue weighted by atomic mass is 9.97. The summed E-state index contributed by atoms with van der Waals surface area (Å²) in [6.07, 6.45) is 3.69. The first-order chi connectivity index (χ1) is 14.9. The Balaban J connectivity index is 1.48. The van der Waals surface area contributed by atoms with Gasteiger partial charge in [-0.05, 0) is 37.5 Å². The summed E-state index contributed by atoms with van der Waals surface area (Å²) < 4.78 is 26.7. The highest BCUT2D eigenvalue weighted by Crippen LogP contribution is 2.23. The van der Waals surface area contributed by atoms with Crippen LogP contribution in [0.3, 0.4) is 0 Å². The number of carbonyl (C=O) groups is 2. The van der Waals surface area contributed by atoms with Gasteiger partial charge in [0.15, 0.2) is 0 Å². The molecule has 0 atom stereocenters. The lowest BCUT2D eigenvalue weighted by Crippen LogP contribution is -2.45. The van der Waals surface area contributed by atoms with E-state index in [1.165, 1.54) is 22.8 Å². The monoisotopic (exact) mass is 444 g/mol. The van der Waals surface area contributed by atoms with E-state index in [9.17, 15) is 18.0 Å². The number of hydrogen-bond donors (Lipinski definition) is 1. The second-order valence-corrected chi connectivity index (χ2v) is 9.42. The Kier molecular flexibility index (Phi) is 7.75. The molecule has 1 aromatic heterocycles. The summed E-state index contributed by atoms with van der Waals surface area (Å²) in [4.78, 5) is 30.8. The maximum Gasteiger partial charge on any atom is 0.244 e. The van der Waals surface area contributed by atoms with Crippen molar-refractivity contribution in [2.24, 2.45) is 5.92 Å². The van der Waals surface area contributed by atoms with Crippen LogP contribution in [0, 0.1) is 5.92 Å². The van der Waals surface area contributed by atoms with E-state index in [-0.39, 0.29) is 42.3 Å². The highest BCUT2D eigenvalue weighted by molar-refractivity contribution is 7.89. The van der Waals surface area contributed by atoms with Crippen LogP contribution in [0.1, 0.15) is 25.3 Å². The van der Waals surface area contributed by atoms with Crippen molar-refractivity contribution < 1.29 is 18.0 Å². The number of amides is 2. The summed E-state index contributed by atoms with van der Waals surface area (Å²) in [6.45, 7) is 3.41. The molecule has 3 rings (SSSR count). The molecule has 0 aliphatic carbocycles. The van der Waals surface area contributed by atoms with Crippen molar-refractivity contribution >= 4 is 21.8 Å². The molecule has 2 aromatic rings. The van der Waals surface area contributed by atoms with Gasteiger partial charge in [0.25, 0.3) is 0 Å². The highest BCUT2D eigenvalue weighted by atomic mass is 32.2. The fraction of sp³-hybridized carbons (Fsp3) is 0.409. The highest BCUT2D eigenvalue weighted by Gasteiger charge is 2.32. The Bertz CT molecular complexity index is 975. The fourth-order valence-corrected chi connectivity index (χ4v) is 5.04. The van der Waals surface area contributed by atoms with Gasteiger partial charge in [-0.1, -0.05) is 30.3 Å². The molecule has 2 heterocycles. The number of rotatable bonds is 8. The zero-order valence-electron chi connectivity index (χ0n) is 17.6. The SMILES string of the molecule is CCN(Cc1ccccc1)C(=O)CNC(=O)C1CCN(S(=O)(=O)c2cccnc2)CC1. The third-order valence-corrected chi connectivity index (χ3v) is 7.34. The smallest absolute Gasteiger partial charge is 0.244 e. The van der Waals surface area contributed by atoms with Crippen molar-refractivity contribution in [3.8, 4) is 0 Å². The third-order valence-electron chi connectivity index (χ3n) is 5.46. The predicted octanol–water partition coefficient (Wildman–Crippen LogP) is 1.65. The zero-order valence-corrected chi connectivity index (χ0v) is 18.4. The number of benzene rings is 1. The molecule has 1 aliphatic rings. The van der Waals surface area contributed by atoms with Crippen molar-refractivity contribution in [2.75, 3.05) is 26.2 Å². The Morgan fingerprint density at radius 2 is 1.84 bits per heavy atom. The van der Waals surface area contributed by atoms with Gasteiger partial charge in [0.2, 0.25) is 21.8 Å². The van der Waals surface area contributed by atoms with E-state index in [0.29, 0.717) is 25.9 Å². The topological polar surface area (TPSA) is 99.7 Å². The van der Waals surface area contributed by atoms with Gasteiger partial charge in [0.1, 0.15) is 4.90 Å². The van der Waals surface area contributed by atoms with E-state index in [2.05, 4.69) is 10.3 Å². The number of likely N-dealkylation sites (N-methyl/N-ethyl adjacent to an activating group) is 1. The predicted molar refractivity (Wildman–Crippen MR) is 116 cm³/mol. The van der Waals surface area contributed by atoms with Gasteiger partial charge in [0.05, 0.1) is 6.54 Å². The quantitative estimate of drug-likeness (QED) is 0.667. The number of aromatic nitrogens is 1. The van der Waals surface area contributed by atoms with Gasteiger partial charge in [0, 0.05) is 44.5 Å². The van der Waals surface area contributed by atoms with Gasteiger partial charge in [-0.2, -0.15) is 4.31 Å². The first-order valence-corrected chi connectivity index (χ1v) is 11.9. The summed E-state index contributed by atoms with van der Waals surface area (Å²) in [6, 6.07) is 12.8. The van der Waals surface area contributed by atoms with Crippen LogP contribution in [-0.4, -0.2) is 60.6 Å². The van der Waals surface area contributed by atoms with E-state index in [4.69, 9.17) is 0 Å². The van der Waals surface area contributed by atoms with E-state index >= 15 is 0 Å². The average Bonchev–Trinajstić information content (AvgIpc) is 2.82. The van der Waals surface area contributed by atoms with Crippen molar-refractivity contribution in [1.29, 1.82) is 0 Å². The largest absolute Gasteiger partial charge is 0.347 e. The standard InChI is InChI=1S/C22H28N4O4S/c1-2-25(17-18-7-4-3-5-8-18)21(27)16-24-22(28)19-10-13-26(14-11-19)31(29,30)20-9-6-12-23-15-20/h3-9,12,15,19H,2,10-11,13-14,16-17H2,1H3,(H,24,28). The normalized spacial score (nSPS) is 15.4. The molecule has 1 fully saturated rings. The number of carbonyl (C=O) groups excluding carboxylic acids is 2. The molecule has 0 spiro atoms. The maximum absolute atomic E-state index is 12.7. The Hall–Kier alpha value is -2.78. The molecular formula is C22H28N4O4S. The van der Waals surface area contributed by atoms with E-state index in [1.807, 2.05) is 37.3 Å². The molecule has 166 valence electrons. The lowest BCUT2D eigenvalue weighted by molar-refractivity contribution is -0.134. The van der Waals surface area contributed by atoms with Gasteiger partial charge in [-0.25, -0.2) is 8.42 Å². The lowest BCUT2D eigenvalue weighted by Gasteiger charge is -2.30. The van der Waals surface area contributed by atoms with Gasteiger partial charge in [-0.3, -0.25) is 14.6 Å². The van der Waals surface area contributed by atoms with Crippen molar-refractivity contribution in [3.63, 3.8) is 0 Å². The van der Waals surface area contributed by atoms with Crippen LogP contribution in [0.5, 0.6) is 0 Å². The number of hydrogen-bond acceptors (Lipinski definition) is 5. The second kappa shape index (κ2) is 10.5. The summed E-state index contributed by atoms with van der Waals surface area (Å²) >= 11 is 0. The zero-order chi connectivity index (χ0) is 22.3. The van der Waals surface area contributed by atoms with Crippen LogP contribution in [-0.2, 0) is 26.2 Å². The van der Waals surface area contributed by atoms with Gasteiger partial charge in [-0.15, -0.1) is 0 Å². The molecule has 0 unspecified atom stereocenters. The Morgan fingerprint density at radius 1 is 1.13 bits per heavy atom. The summed E-state index contributed by atoms with van der Waals surface area (Å²) in [5.74, 6) is -0.656. The van der Waals surface area contributed by atoms with E-state index in [0.717, 1.165) is 5.56 Å². The number of nitrogens with zero attached hydrogens (tertiary/aromatic N) is 3. The Morgan fingerprint density at radius 3 is 2.45 bits per heavy atom. The molecule has 0 radical (unpaired) electrons. The summed E-state index contributed by atoms with van der Waals surface area (Å²) in [7, 11) is -3.60. The van der Waals surface area contributed by atoms with Crippen LogP contribution in [0.2, 0.25) is 0 Å². The number of nitrogens with one attached hydrogen (secondary N) is 1. The van der Waals surface area contributed by atoms with Crippen LogP contribution in [0.15, 0.2) is 59.8 Å². The van der Waals surface area contributed by atoms with E-state index in [1.54, 1.807) is 11.0 Å². The summed E-state index contributed by atoms with van der Waals surface area (Å²) in [5, 5.41) is 2.73. The van der Waals surface area contributed by atoms with E-state index < -0.39 is 10.0 Å². The number of piperidine rings is 1. The van der Waals surface area contributed by atoms with Crippen molar-refractivity contribution in [3.05, 3.63) is 60.4 Å². The fourth-order valence-electron chi connectivity index (χ4n) is 3.61. The van der Waals surface area contributed by atoms with Crippen molar-refractivity contribution in [2.45, 2.75) is 31.2 Å². The number of pyridine rings is 1. The molecule has 31 heavy (non-hydrogen) atoms. The minimum absolute atomic E-state index is 0.0618. The molecule has 9 heteroatoms. The molecule has 1 aliphatic heterocycles. The average molecular weight is 445 g/mol. The first-order valence-electron chi connectivity index (χ1n) is 10.4. The van der Waals surface area contributed by atoms with Crippen molar-refractivity contribution in [1.82, 2.24) is 19.5 Å². The van der Waals surface area contributed by atoms with Crippen LogP contribution >= 0.6 is 0 Å². The third kappa shape index (κ3) is 5.89.